The number of terminal acetylenes is 1. The van der Waals surface area contributed by atoms with Crippen LogP contribution in [0.4, 0.5) is 8.78 Å². The van der Waals surface area contributed by atoms with E-state index >= 15 is 0 Å². The van der Waals surface area contributed by atoms with E-state index in [1.807, 2.05) is 21.6 Å². The van der Waals surface area contributed by atoms with Crippen LogP contribution in [0.25, 0.3) is 10.9 Å². The summed E-state index contributed by atoms with van der Waals surface area (Å²) in [5.41, 5.74) is 3.10. The number of imide groups is 1. The zero-order valence-corrected chi connectivity index (χ0v) is 55.0. The number of thioether (sulfide) groups is 1. The summed E-state index contributed by atoms with van der Waals surface area (Å²) in [7, 11) is 0. The van der Waals surface area contributed by atoms with Crippen LogP contribution in [0.2, 0.25) is 0 Å². The SMILES string of the molecule is C#C[C@H]1CC(F)(F)CN1C(=O)CNC(=O)c1ccnc2ccc(OCCCCN3CCN(C(=O)CN4C(=O)CC(SCC(CCCCCNC(=O)CCCc5ccc(C)cc5)NC(=O)CN5CCN(COC=O)CCN(COC=O)CCN(CC(=O)O)CC5)C4=O)CC3)cc12. The van der Waals surface area contributed by atoms with E-state index in [0.717, 1.165) is 42.0 Å². The molecule has 3 aromatic rings. The Kier molecular flexibility index (Phi) is 30.3. The Hall–Kier alpha value is -7.88. The Morgan fingerprint density at radius 3 is 2.09 bits per heavy atom. The number of aryl methyl sites for hydroxylation is 2. The van der Waals surface area contributed by atoms with Crippen LogP contribution in [0.3, 0.4) is 0 Å². The first kappa shape index (κ1) is 74.5. The maximum Gasteiger partial charge on any atom is 0.317 e. The molecule has 4 aliphatic heterocycles. The largest absolute Gasteiger partial charge is 0.494 e. The van der Waals surface area contributed by atoms with Gasteiger partial charge < -0.3 is 45.1 Å². The highest BCUT2D eigenvalue weighted by Crippen LogP contribution is 2.32. The molecule has 2 aromatic carbocycles. The van der Waals surface area contributed by atoms with Crippen LogP contribution in [0, 0.1) is 19.3 Å². The molecule has 0 radical (unpaired) electrons. The smallest absolute Gasteiger partial charge is 0.317 e. The van der Waals surface area contributed by atoms with Crippen molar-refractivity contribution in [2.45, 2.75) is 101 Å². The molecule has 0 spiro atoms. The lowest BCUT2D eigenvalue weighted by molar-refractivity contribution is -0.146. The highest BCUT2D eigenvalue weighted by molar-refractivity contribution is 8.00. The third kappa shape index (κ3) is 25.0. The molecule has 2 unspecified atom stereocenters. The first-order valence-corrected chi connectivity index (χ1v) is 33.6. The molecule has 4 aliphatic rings. The van der Waals surface area contributed by atoms with Crippen molar-refractivity contribution in [2.75, 3.05) is 150 Å². The molecule has 5 heterocycles. The third-order valence-electron chi connectivity index (χ3n) is 17.2. The van der Waals surface area contributed by atoms with Gasteiger partial charge in [0.25, 0.3) is 24.8 Å². The van der Waals surface area contributed by atoms with Gasteiger partial charge in [-0.25, -0.2) is 8.78 Å². The van der Waals surface area contributed by atoms with E-state index in [1.54, 1.807) is 28.0 Å². The fourth-order valence-electron chi connectivity index (χ4n) is 11.8. The molecule has 1 aromatic heterocycles. The Morgan fingerprint density at radius 1 is 0.768 bits per heavy atom. The van der Waals surface area contributed by atoms with Gasteiger partial charge in [-0.3, -0.25) is 82.3 Å². The van der Waals surface area contributed by atoms with Crippen molar-refractivity contribution in [2.24, 2.45) is 0 Å². The number of rotatable bonds is 35. The first-order chi connectivity index (χ1) is 45.8. The molecule has 3 atom stereocenters. The number of carbonyl (C=O) groups excluding carboxylic acids is 9. The van der Waals surface area contributed by atoms with E-state index in [-0.39, 0.29) is 68.6 Å². The van der Waals surface area contributed by atoms with Gasteiger partial charge in [0, 0.05) is 128 Å². The van der Waals surface area contributed by atoms with Crippen molar-refractivity contribution < 1.29 is 76.0 Å². The second-order valence-electron chi connectivity index (χ2n) is 24.4. The summed E-state index contributed by atoms with van der Waals surface area (Å²) in [5, 5.41) is 18.2. The second-order valence-corrected chi connectivity index (χ2v) is 25.6. The van der Waals surface area contributed by atoms with Crippen molar-refractivity contribution in [1.29, 1.82) is 0 Å². The lowest BCUT2D eigenvalue weighted by Gasteiger charge is -2.35. The number of piperazine rings is 1. The number of nitrogens with zero attached hydrogens (tertiary/aromatic N) is 9. The maximum absolute atomic E-state index is 14.1. The van der Waals surface area contributed by atoms with Crippen molar-refractivity contribution in [3.63, 3.8) is 0 Å². The maximum atomic E-state index is 14.1. The van der Waals surface area contributed by atoms with Gasteiger partial charge in [-0.1, -0.05) is 48.6 Å². The average molecular weight is 1350 g/mol. The Labute approximate surface area is 557 Å². The summed E-state index contributed by atoms with van der Waals surface area (Å²) in [6, 6.07) is 13.4. The molecule has 7 rings (SSSR count). The van der Waals surface area contributed by atoms with Gasteiger partial charge in [-0.15, -0.1) is 18.2 Å². The van der Waals surface area contributed by atoms with E-state index in [4.69, 9.17) is 20.6 Å². The van der Waals surface area contributed by atoms with Crippen molar-refractivity contribution in [3.8, 4) is 18.1 Å². The Bertz CT molecular complexity index is 3120. The number of fused-ring (bicyclic) bond motifs is 1. The molecule has 4 N–H and O–H groups in total. The van der Waals surface area contributed by atoms with Crippen LogP contribution in [-0.4, -0.2) is 283 Å². The highest BCUT2D eigenvalue weighted by atomic mass is 32.2. The molecule has 4 saturated heterocycles. The Balaban J connectivity index is 0.862. The number of aromatic nitrogens is 1. The van der Waals surface area contributed by atoms with Gasteiger partial charge in [0.15, 0.2) is 0 Å². The highest BCUT2D eigenvalue weighted by Gasteiger charge is 2.46. The summed E-state index contributed by atoms with van der Waals surface area (Å²) in [5.74, 6) is -4.00. The van der Waals surface area contributed by atoms with Gasteiger partial charge in [0.05, 0.1) is 55.2 Å². The minimum Gasteiger partial charge on any atom is -0.494 e. The second kappa shape index (κ2) is 38.6. The number of carboxylic acids is 1. The van der Waals surface area contributed by atoms with E-state index < -0.39 is 72.4 Å². The van der Waals surface area contributed by atoms with Crippen LogP contribution in [0.1, 0.15) is 85.7 Å². The van der Waals surface area contributed by atoms with Crippen molar-refractivity contribution in [1.82, 2.24) is 60.1 Å². The third-order valence-corrected chi connectivity index (χ3v) is 18.6. The standard InChI is InChI=1S/C66H90F2N12O14S/c1-3-52-38-66(67,68)44-80(52)61(86)39-71-64(90)54-19-21-69-56-18-17-53(36-55(54)56)94-35-8-7-22-73-31-33-78(34-32-73)62(87)41-79-60(85)37-57(65(79)91)95-43-51(11-5-4-6-20-70-58(83)12-9-10-50-15-13-49(2)14-16-50)72-59(84)40-74-23-24-75(42-63(88)89)26-28-77(46-93-48-82)30-29-76(27-25-74)45-92-47-81/h1,13-19,21,36,47-48,51-52,57H,4-12,20,22-35,37-46H2,2H3,(H,70,83)(H,71,90)(H,72,84)(H,88,89)/t51?,52-,57?/m0/s1. The molecule has 518 valence electrons. The predicted molar refractivity (Wildman–Crippen MR) is 349 cm³/mol. The van der Waals surface area contributed by atoms with Crippen LogP contribution < -0.4 is 20.7 Å². The minimum absolute atomic E-state index is 0.00824. The zero-order chi connectivity index (χ0) is 68.1. The van der Waals surface area contributed by atoms with Crippen LogP contribution >= 0.6 is 11.8 Å². The van der Waals surface area contributed by atoms with E-state index in [0.29, 0.717) is 153 Å². The van der Waals surface area contributed by atoms with Gasteiger partial charge in [0.2, 0.25) is 35.4 Å². The molecule has 0 aliphatic carbocycles. The molecule has 29 heteroatoms. The number of likely N-dealkylation sites (tertiary alicyclic amines) is 2. The number of alkyl halides is 2. The molecule has 26 nitrogen and oxygen atoms in total. The number of nitrogens with one attached hydrogen (secondary N) is 3. The first-order valence-electron chi connectivity index (χ1n) is 32.5. The summed E-state index contributed by atoms with van der Waals surface area (Å²) in [6.45, 7) is 7.12. The fourth-order valence-corrected chi connectivity index (χ4v) is 13.0. The molecule has 95 heavy (non-hydrogen) atoms. The van der Waals surface area contributed by atoms with Crippen LogP contribution in [0.15, 0.2) is 54.7 Å². The van der Waals surface area contributed by atoms with Gasteiger partial charge in [-0.05, 0) is 81.8 Å². The van der Waals surface area contributed by atoms with E-state index in [1.165, 1.54) is 35.2 Å². The number of benzene rings is 2. The summed E-state index contributed by atoms with van der Waals surface area (Å²) >= 11 is 1.26. The molecule has 0 bridgehead atoms. The number of halogens is 2. The van der Waals surface area contributed by atoms with Gasteiger partial charge >= 0.3 is 5.97 Å². The Morgan fingerprint density at radius 2 is 1.43 bits per heavy atom. The number of unbranched alkanes of at least 4 members (excludes halogenated alkanes) is 3. The number of pyridine rings is 1. The topological polar surface area (TPSA) is 294 Å². The number of hydrogen-bond donors (Lipinski definition) is 4. The molecule has 4 fully saturated rings. The van der Waals surface area contributed by atoms with Gasteiger partial charge in [0.1, 0.15) is 25.8 Å². The van der Waals surface area contributed by atoms with E-state index in [9.17, 15) is 61.8 Å². The molecule has 7 amide bonds. The predicted octanol–water partition coefficient (Wildman–Crippen LogP) is 2.06. The lowest BCUT2D eigenvalue weighted by Crippen LogP contribution is -2.52. The lowest BCUT2D eigenvalue weighted by atomic mass is 10.1. The summed E-state index contributed by atoms with van der Waals surface area (Å²) in [6.07, 6.45) is 12.2. The van der Waals surface area contributed by atoms with Crippen LogP contribution in [-0.2, 0) is 59.0 Å². The minimum atomic E-state index is -3.11. The molecular weight excluding hydrogens is 1250 g/mol. The number of ether oxygens (including phenoxy) is 3. The zero-order valence-electron chi connectivity index (χ0n) is 54.1. The van der Waals surface area contributed by atoms with Crippen molar-refractivity contribution in [3.05, 3.63) is 71.4 Å². The number of amides is 7. The van der Waals surface area contributed by atoms with Crippen molar-refractivity contribution >= 4 is 82.9 Å². The number of hydrogen-bond acceptors (Lipinski definition) is 20. The number of carboxylic acid groups (broad SMARTS) is 1. The monoisotopic (exact) mass is 1340 g/mol. The fraction of sp³-hybridized carbons (Fsp3) is 0.591. The van der Waals surface area contributed by atoms with Crippen LogP contribution in [0.5, 0.6) is 5.75 Å². The number of carbonyl (C=O) groups is 10. The average Bonchev–Trinajstić information content (AvgIpc) is 1.75. The summed E-state index contributed by atoms with van der Waals surface area (Å²) in [4.78, 5) is 146. The molecular formula is C66H90F2N12O14S. The quantitative estimate of drug-likeness (QED) is 0.0284. The molecule has 0 saturated carbocycles. The van der Waals surface area contributed by atoms with Gasteiger partial charge in [-0.2, -0.15) is 0 Å². The normalized spacial score (nSPS) is 19.1. The van der Waals surface area contributed by atoms with E-state index in [2.05, 4.69) is 56.0 Å². The number of aliphatic carboxylic acids is 1. The summed E-state index contributed by atoms with van der Waals surface area (Å²) < 4.78 is 44.1.